The fourth-order valence-corrected chi connectivity index (χ4v) is 2.60. The third-order valence-electron chi connectivity index (χ3n) is 2.90. The molecule has 0 aliphatic rings. The number of rotatable bonds is 9. The van der Waals surface area contributed by atoms with E-state index in [0.717, 1.165) is 10.7 Å². The number of ether oxygens (including phenoxy) is 1. The maximum absolute atomic E-state index is 11.9. The molecular formula is C15H25F3N4OS. The fraction of sp³-hybridized carbons (Fsp3) is 0.733. The molecule has 0 aromatic carbocycles. The van der Waals surface area contributed by atoms with Gasteiger partial charge in [0.05, 0.1) is 12.2 Å². The first-order valence-electron chi connectivity index (χ1n) is 7.92. The Kier molecular flexibility index (Phi) is 9.05. The topological polar surface area (TPSA) is 58.5 Å². The highest BCUT2D eigenvalue weighted by Crippen LogP contribution is 2.18. The average Bonchev–Trinajstić information content (AvgIpc) is 2.96. The Morgan fingerprint density at radius 3 is 2.71 bits per heavy atom. The van der Waals surface area contributed by atoms with E-state index in [4.69, 9.17) is 0 Å². The van der Waals surface area contributed by atoms with Gasteiger partial charge in [0.25, 0.3) is 0 Å². The van der Waals surface area contributed by atoms with E-state index < -0.39 is 12.8 Å². The van der Waals surface area contributed by atoms with Gasteiger partial charge in [-0.2, -0.15) is 13.2 Å². The minimum Gasteiger partial charge on any atom is -0.372 e. The first kappa shape index (κ1) is 20.7. The average molecular weight is 366 g/mol. The summed E-state index contributed by atoms with van der Waals surface area (Å²) in [6.45, 7) is 6.63. The van der Waals surface area contributed by atoms with Crippen LogP contribution in [-0.4, -0.2) is 43.4 Å². The Morgan fingerprint density at radius 1 is 1.38 bits per heavy atom. The van der Waals surface area contributed by atoms with Gasteiger partial charge in [-0.25, -0.2) is 9.98 Å². The molecule has 0 saturated heterocycles. The van der Waals surface area contributed by atoms with Gasteiger partial charge in [-0.05, 0) is 19.3 Å². The third kappa shape index (κ3) is 9.07. The van der Waals surface area contributed by atoms with E-state index >= 15 is 0 Å². The molecule has 0 aliphatic heterocycles. The van der Waals surface area contributed by atoms with Crippen LogP contribution in [0.4, 0.5) is 13.2 Å². The molecule has 0 atom stereocenters. The van der Waals surface area contributed by atoms with Gasteiger partial charge in [0.1, 0.15) is 11.6 Å². The summed E-state index contributed by atoms with van der Waals surface area (Å²) in [5.74, 6) is 1.01. The maximum atomic E-state index is 11.9. The molecule has 0 unspecified atom stereocenters. The smallest absolute Gasteiger partial charge is 0.372 e. The Labute approximate surface area is 144 Å². The molecule has 0 saturated carbocycles. The standard InChI is InChI=1S/C15H25F3N4OS/c1-4-19-14(20-6-5-7-23-10-15(16,17)18)21-8-13-22-12(9-24-13)11(2)3/h9,11H,4-8,10H2,1-3H3,(H2,19,20,21). The van der Waals surface area contributed by atoms with Gasteiger partial charge in [0, 0.05) is 25.1 Å². The molecule has 0 aliphatic carbocycles. The number of halogens is 3. The molecular weight excluding hydrogens is 341 g/mol. The number of nitrogens with one attached hydrogen (secondary N) is 2. The quantitative estimate of drug-likeness (QED) is 0.400. The Bertz CT molecular complexity index is 503. The van der Waals surface area contributed by atoms with Gasteiger partial charge in [-0.1, -0.05) is 13.8 Å². The largest absolute Gasteiger partial charge is 0.411 e. The van der Waals surface area contributed by atoms with Crippen LogP contribution >= 0.6 is 11.3 Å². The number of guanidine groups is 1. The lowest BCUT2D eigenvalue weighted by Gasteiger charge is -2.11. The summed E-state index contributed by atoms with van der Waals surface area (Å²) >= 11 is 1.57. The van der Waals surface area contributed by atoms with E-state index in [1.54, 1.807) is 11.3 Å². The van der Waals surface area contributed by atoms with Gasteiger partial charge < -0.3 is 15.4 Å². The maximum Gasteiger partial charge on any atom is 0.411 e. The minimum atomic E-state index is -4.27. The zero-order valence-corrected chi connectivity index (χ0v) is 15.1. The monoisotopic (exact) mass is 366 g/mol. The number of nitrogens with zero attached hydrogens (tertiary/aromatic N) is 2. The first-order valence-corrected chi connectivity index (χ1v) is 8.80. The fourth-order valence-electron chi connectivity index (χ4n) is 1.72. The number of aliphatic imine (C=N–C) groups is 1. The molecule has 1 heterocycles. The molecule has 0 amide bonds. The Balaban J connectivity index is 2.34. The second kappa shape index (κ2) is 10.5. The second-order valence-electron chi connectivity index (χ2n) is 5.46. The summed E-state index contributed by atoms with van der Waals surface area (Å²) in [7, 11) is 0. The number of hydrogen-bond donors (Lipinski definition) is 2. The van der Waals surface area contributed by atoms with Crippen LogP contribution in [0.15, 0.2) is 10.4 Å². The van der Waals surface area contributed by atoms with Crippen LogP contribution in [0.5, 0.6) is 0 Å². The van der Waals surface area contributed by atoms with Gasteiger partial charge in [0.2, 0.25) is 0 Å². The SMILES string of the molecule is CCNC(=NCc1nc(C(C)C)cs1)NCCCOCC(F)(F)F. The van der Waals surface area contributed by atoms with Crippen LogP contribution in [0.1, 0.15) is 43.8 Å². The molecule has 0 radical (unpaired) electrons. The first-order chi connectivity index (χ1) is 11.3. The lowest BCUT2D eigenvalue weighted by molar-refractivity contribution is -0.173. The van der Waals surface area contributed by atoms with E-state index in [0.29, 0.717) is 37.9 Å². The molecule has 5 nitrogen and oxygen atoms in total. The van der Waals surface area contributed by atoms with E-state index in [-0.39, 0.29) is 6.61 Å². The van der Waals surface area contributed by atoms with Gasteiger partial charge in [-0.3, -0.25) is 0 Å². The van der Waals surface area contributed by atoms with Crippen LogP contribution in [0, 0.1) is 0 Å². The Morgan fingerprint density at radius 2 is 2.12 bits per heavy atom. The molecule has 9 heteroatoms. The van der Waals surface area contributed by atoms with Crippen molar-refractivity contribution in [2.45, 2.75) is 45.8 Å². The van der Waals surface area contributed by atoms with Crippen molar-refractivity contribution in [2.24, 2.45) is 4.99 Å². The van der Waals surface area contributed by atoms with Crippen molar-refractivity contribution in [1.29, 1.82) is 0 Å². The van der Waals surface area contributed by atoms with E-state index in [2.05, 4.69) is 39.2 Å². The van der Waals surface area contributed by atoms with Crippen molar-refractivity contribution >= 4 is 17.3 Å². The van der Waals surface area contributed by atoms with Crippen LogP contribution in [0.25, 0.3) is 0 Å². The summed E-state index contributed by atoms with van der Waals surface area (Å²) < 4.78 is 40.4. The predicted octanol–water partition coefficient (Wildman–Crippen LogP) is 3.29. The lowest BCUT2D eigenvalue weighted by Crippen LogP contribution is -2.38. The van der Waals surface area contributed by atoms with E-state index in [1.165, 1.54) is 0 Å². The normalized spacial score (nSPS) is 12.7. The number of aromatic nitrogens is 1. The van der Waals surface area contributed by atoms with Crippen LogP contribution in [0.2, 0.25) is 0 Å². The summed E-state index contributed by atoms with van der Waals surface area (Å²) in [6.07, 6.45) is -3.80. The van der Waals surface area contributed by atoms with Crippen molar-refractivity contribution in [2.75, 3.05) is 26.3 Å². The number of hydrogen-bond acceptors (Lipinski definition) is 4. The lowest BCUT2D eigenvalue weighted by atomic mass is 10.2. The van der Waals surface area contributed by atoms with E-state index in [9.17, 15) is 13.2 Å². The number of thiazole rings is 1. The highest BCUT2D eigenvalue weighted by atomic mass is 32.1. The number of alkyl halides is 3. The van der Waals surface area contributed by atoms with Crippen molar-refractivity contribution in [3.63, 3.8) is 0 Å². The highest BCUT2D eigenvalue weighted by molar-refractivity contribution is 7.09. The molecule has 2 N–H and O–H groups in total. The molecule has 1 rings (SSSR count). The zero-order valence-electron chi connectivity index (χ0n) is 14.2. The zero-order chi connectivity index (χ0) is 18.0. The molecule has 138 valence electrons. The van der Waals surface area contributed by atoms with Crippen molar-refractivity contribution < 1.29 is 17.9 Å². The minimum absolute atomic E-state index is 0.0517. The van der Waals surface area contributed by atoms with Gasteiger partial charge >= 0.3 is 6.18 Å². The summed E-state index contributed by atoms with van der Waals surface area (Å²) in [5.41, 5.74) is 1.06. The highest BCUT2D eigenvalue weighted by Gasteiger charge is 2.27. The Hall–Kier alpha value is -1.35. The van der Waals surface area contributed by atoms with Crippen LogP contribution < -0.4 is 10.6 Å². The van der Waals surface area contributed by atoms with Crippen molar-refractivity contribution in [3.8, 4) is 0 Å². The van der Waals surface area contributed by atoms with Gasteiger partial charge in [0.15, 0.2) is 5.96 Å². The summed E-state index contributed by atoms with van der Waals surface area (Å²) in [5, 5.41) is 9.14. The molecule has 0 fully saturated rings. The van der Waals surface area contributed by atoms with E-state index in [1.807, 2.05) is 12.3 Å². The van der Waals surface area contributed by atoms with Crippen molar-refractivity contribution in [1.82, 2.24) is 15.6 Å². The molecule has 0 spiro atoms. The molecule has 1 aromatic rings. The predicted molar refractivity (Wildman–Crippen MR) is 90.5 cm³/mol. The second-order valence-corrected chi connectivity index (χ2v) is 6.41. The molecule has 1 aromatic heterocycles. The summed E-state index contributed by atoms with van der Waals surface area (Å²) in [4.78, 5) is 8.95. The van der Waals surface area contributed by atoms with Crippen molar-refractivity contribution in [3.05, 3.63) is 16.1 Å². The molecule has 24 heavy (non-hydrogen) atoms. The third-order valence-corrected chi connectivity index (χ3v) is 3.75. The van der Waals surface area contributed by atoms with Gasteiger partial charge in [-0.15, -0.1) is 11.3 Å². The van der Waals surface area contributed by atoms with Crippen LogP contribution in [0.3, 0.4) is 0 Å². The van der Waals surface area contributed by atoms with Crippen LogP contribution in [-0.2, 0) is 11.3 Å². The molecule has 0 bridgehead atoms. The summed E-state index contributed by atoms with van der Waals surface area (Å²) in [6, 6.07) is 0.